The third-order valence-corrected chi connectivity index (χ3v) is 3.62. The Bertz CT molecular complexity index is 462. The van der Waals surface area contributed by atoms with Crippen LogP contribution in [0.2, 0.25) is 0 Å². The first-order valence-corrected chi connectivity index (χ1v) is 7.24. The highest BCUT2D eigenvalue weighted by molar-refractivity contribution is 5.15. The largest absolute Gasteiger partial charge is 0.376 e. The van der Waals surface area contributed by atoms with Gasteiger partial charge in [-0.15, -0.1) is 0 Å². The molecule has 0 bridgehead atoms. The Morgan fingerprint density at radius 1 is 1.47 bits per heavy atom. The van der Waals surface area contributed by atoms with E-state index in [1.165, 1.54) is 0 Å². The lowest BCUT2D eigenvalue weighted by Gasteiger charge is -2.16. The molecule has 2 heterocycles. The van der Waals surface area contributed by atoms with Crippen LogP contribution in [0.25, 0.3) is 0 Å². The summed E-state index contributed by atoms with van der Waals surface area (Å²) in [6.45, 7) is 7.22. The molecule has 4 nitrogen and oxygen atoms in total. The van der Waals surface area contributed by atoms with Gasteiger partial charge >= 0.3 is 0 Å². The fourth-order valence-electron chi connectivity index (χ4n) is 2.47. The highest BCUT2D eigenvalue weighted by atomic mass is 16.5. The highest BCUT2D eigenvalue weighted by Gasteiger charge is 2.18. The molecule has 1 atom stereocenters. The van der Waals surface area contributed by atoms with Gasteiger partial charge < -0.3 is 14.6 Å². The monoisotopic (exact) mass is 264 g/mol. The minimum absolute atomic E-state index is 0.124. The fraction of sp³-hybridized carbons (Fsp3) is 0.667. The molecule has 0 aromatic carbocycles. The summed E-state index contributed by atoms with van der Waals surface area (Å²) in [5.74, 6) is 0. The first-order chi connectivity index (χ1) is 9.22. The Morgan fingerprint density at radius 2 is 2.32 bits per heavy atom. The zero-order valence-electron chi connectivity index (χ0n) is 11.9. The summed E-state index contributed by atoms with van der Waals surface area (Å²) in [5.41, 5.74) is 1.98. The van der Waals surface area contributed by atoms with Crippen molar-refractivity contribution in [2.24, 2.45) is 0 Å². The van der Waals surface area contributed by atoms with Gasteiger partial charge in [0.1, 0.15) is 0 Å². The van der Waals surface area contributed by atoms with Crippen molar-refractivity contribution in [1.29, 1.82) is 0 Å². The molecule has 1 aromatic heterocycles. The molecule has 0 radical (unpaired) electrons. The van der Waals surface area contributed by atoms with Crippen LogP contribution in [0.1, 0.15) is 37.4 Å². The SMILES string of the molecule is CCCNCc1ccc(C)n(CC2CCCO2)c1=O. The van der Waals surface area contributed by atoms with Crippen molar-refractivity contribution in [2.45, 2.75) is 52.3 Å². The molecule has 2 rings (SSSR count). The van der Waals surface area contributed by atoms with Crippen LogP contribution in [0.4, 0.5) is 0 Å². The maximum absolute atomic E-state index is 12.4. The molecular formula is C15H24N2O2. The number of pyridine rings is 1. The molecule has 1 aliphatic heterocycles. The van der Waals surface area contributed by atoms with Gasteiger partial charge in [0, 0.05) is 24.4 Å². The van der Waals surface area contributed by atoms with E-state index in [4.69, 9.17) is 4.74 Å². The van der Waals surface area contributed by atoms with Gasteiger partial charge in [-0.3, -0.25) is 4.79 Å². The van der Waals surface area contributed by atoms with Gasteiger partial charge in [-0.2, -0.15) is 0 Å². The van der Waals surface area contributed by atoms with Crippen molar-refractivity contribution < 1.29 is 4.74 Å². The molecule has 1 unspecified atom stereocenters. The number of hydrogen-bond acceptors (Lipinski definition) is 3. The van der Waals surface area contributed by atoms with E-state index in [1.807, 2.05) is 23.6 Å². The second-order valence-corrected chi connectivity index (χ2v) is 5.23. The van der Waals surface area contributed by atoms with Crippen LogP contribution in [-0.4, -0.2) is 23.8 Å². The van der Waals surface area contributed by atoms with Gasteiger partial charge in [0.2, 0.25) is 0 Å². The smallest absolute Gasteiger partial charge is 0.255 e. The maximum Gasteiger partial charge on any atom is 0.255 e. The molecule has 1 aromatic rings. The third kappa shape index (κ3) is 3.67. The summed E-state index contributed by atoms with van der Waals surface area (Å²) < 4.78 is 7.49. The van der Waals surface area contributed by atoms with Gasteiger partial charge in [-0.1, -0.05) is 13.0 Å². The zero-order chi connectivity index (χ0) is 13.7. The molecule has 0 aliphatic carbocycles. The van der Waals surface area contributed by atoms with Crippen molar-refractivity contribution in [2.75, 3.05) is 13.2 Å². The van der Waals surface area contributed by atoms with Gasteiger partial charge in [-0.25, -0.2) is 0 Å². The Labute approximate surface area is 114 Å². The highest BCUT2D eigenvalue weighted by Crippen LogP contribution is 2.14. The van der Waals surface area contributed by atoms with Crippen LogP contribution in [-0.2, 0) is 17.8 Å². The van der Waals surface area contributed by atoms with Crippen LogP contribution < -0.4 is 10.9 Å². The van der Waals surface area contributed by atoms with E-state index in [0.717, 1.165) is 43.7 Å². The van der Waals surface area contributed by atoms with E-state index >= 15 is 0 Å². The van der Waals surface area contributed by atoms with E-state index in [1.54, 1.807) is 0 Å². The molecule has 1 aliphatic rings. The van der Waals surface area contributed by atoms with Crippen molar-refractivity contribution >= 4 is 0 Å². The van der Waals surface area contributed by atoms with Gasteiger partial charge in [0.25, 0.3) is 5.56 Å². The molecule has 1 fully saturated rings. The third-order valence-electron chi connectivity index (χ3n) is 3.62. The van der Waals surface area contributed by atoms with E-state index < -0.39 is 0 Å². The molecule has 1 N–H and O–H groups in total. The molecule has 4 heteroatoms. The summed E-state index contributed by atoms with van der Waals surface area (Å²) >= 11 is 0. The summed E-state index contributed by atoms with van der Waals surface area (Å²) in [7, 11) is 0. The predicted octanol–water partition coefficient (Wildman–Crippen LogP) is 1.84. The minimum Gasteiger partial charge on any atom is -0.376 e. The molecule has 0 amide bonds. The number of rotatable bonds is 6. The average molecular weight is 264 g/mol. The quantitative estimate of drug-likeness (QED) is 0.797. The van der Waals surface area contributed by atoms with Crippen LogP contribution in [0.15, 0.2) is 16.9 Å². The Hall–Kier alpha value is -1.13. The fourth-order valence-corrected chi connectivity index (χ4v) is 2.47. The van der Waals surface area contributed by atoms with Crippen LogP contribution >= 0.6 is 0 Å². The molecule has 0 saturated carbocycles. The molecule has 0 spiro atoms. The number of ether oxygens (including phenoxy) is 1. The second kappa shape index (κ2) is 6.87. The summed E-state index contributed by atoms with van der Waals surface area (Å²) in [4.78, 5) is 12.4. The minimum atomic E-state index is 0.124. The Morgan fingerprint density at radius 3 is 3.00 bits per heavy atom. The van der Waals surface area contributed by atoms with E-state index in [9.17, 15) is 4.79 Å². The van der Waals surface area contributed by atoms with Crippen molar-refractivity contribution in [3.05, 3.63) is 33.7 Å². The summed E-state index contributed by atoms with van der Waals surface area (Å²) in [5, 5.41) is 3.29. The van der Waals surface area contributed by atoms with Gasteiger partial charge in [0.15, 0.2) is 0 Å². The lowest BCUT2D eigenvalue weighted by atomic mass is 10.2. The normalized spacial score (nSPS) is 18.9. The molecule has 19 heavy (non-hydrogen) atoms. The van der Waals surface area contributed by atoms with E-state index in [2.05, 4.69) is 12.2 Å². The van der Waals surface area contributed by atoms with Crippen molar-refractivity contribution in [3.8, 4) is 0 Å². The van der Waals surface area contributed by atoms with Crippen molar-refractivity contribution in [1.82, 2.24) is 9.88 Å². The van der Waals surface area contributed by atoms with Crippen molar-refractivity contribution in [3.63, 3.8) is 0 Å². The zero-order valence-corrected chi connectivity index (χ0v) is 11.9. The standard InChI is InChI=1S/C15H24N2O2/c1-3-8-16-10-13-7-6-12(2)17(15(13)18)11-14-5-4-9-19-14/h6-7,14,16H,3-5,8-11H2,1-2H3. The Balaban J connectivity index is 2.11. The van der Waals surface area contributed by atoms with Gasteiger partial charge in [-0.05, 0) is 38.8 Å². The van der Waals surface area contributed by atoms with Crippen LogP contribution in [0.5, 0.6) is 0 Å². The summed E-state index contributed by atoms with van der Waals surface area (Å²) in [6, 6.07) is 3.96. The van der Waals surface area contributed by atoms with E-state index in [-0.39, 0.29) is 11.7 Å². The lowest BCUT2D eigenvalue weighted by Crippen LogP contribution is -2.32. The first-order valence-electron chi connectivity index (χ1n) is 7.24. The van der Waals surface area contributed by atoms with Crippen LogP contribution in [0.3, 0.4) is 0 Å². The maximum atomic E-state index is 12.4. The topological polar surface area (TPSA) is 43.3 Å². The van der Waals surface area contributed by atoms with Gasteiger partial charge in [0.05, 0.1) is 12.6 Å². The Kier molecular flexibility index (Phi) is 5.16. The summed E-state index contributed by atoms with van der Waals surface area (Å²) in [6.07, 6.45) is 3.45. The molecule has 106 valence electrons. The number of nitrogens with one attached hydrogen (secondary N) is 1. The number of nitrogens with zero attached hydrogens (tertiary/aromatic N) is 1. The second-order valence-electron chi connectivity index (χ2n) is 5.23. The average Bonchev–Trinajstić information content (AvgIpc) is 2.90. The molecule has 1 saturated heterocycles. The lowest BCUT2D eigenvalue weighted by molar-refractivity contribution is 0.0956. The van der Waals surface area contributed by atoms with E-state index in [0.29, 0.717) is 13.1 Å². The first kappa shape index (κ1) is 14.3. The number of hydrogen-bond donors (Lipinski definition) is 1. The van der Waals surface area contributed by atoms with Crippen LogP contribution in [0, 0.1) is 6.92 Å². The number of aromatic nitrogens is 1. The number of aryl methyl sites for hydroxylation is 1. The predicted molar refractivity (Wildman–Crippen MR) is 76.4 cm³/mol. The molecular weight excluding hydrogens is 240 g/mol.